The van der Waals surface area contributed by atoms with Crippen LogP contribution in [0.3, 0.4) is 0 Å². The zero-order valence-corrected chi connectivity index (χ0v) is 22.7. The van der Waals surface area contributed by atoms with Crippen LogP contribution in [0, 0.1) is 11.8 Å². The average molecular weight is 574 g/mol. The Hall–Kier alpha value is -3.92. The molecule has 1 aliphatic rings. The molecule has 1 atom stereocenters. The van der Waals surface area contributed by atoms with Gasteiger partial charge in [-0.25, -0.2) is 0 Å². The van der Waals surface area contributed by atoms with Crippen LogP contribution in [-0.4, -0.2) is 83.8 Å². The number of likely N-dealkylation sites (tertiary alicyclic amines) is 1. The van der Waals surface area contributed by atoms with Crippen LogP contribution in [0.1, 0.15) is 28.9 Å². The second-order valence-corrected chi connectivity index (χ2v) is 9.96. The van der Waals surface area contributed by atoms with E-state index in [0.29, 0.717) is 28.9 Å². The lowest BCUT2D eigenvalue weighted by molar-refractivity contribution is -0.140. The Morgan fingerprint density at radius 3 is 2.61 bits per heavy atom. The quantitative estimate of drug-likeness (QED) is 0.236. The van der Waals surface area contributed by atoms with E-state index in [1.54, 1.807) is 30.3 Å². The summed E-state index contributed by atoms with van der Waals surface area (Å²) in [6.45, 7) is 0.537. The third-order valence-corrected chi connectivity index (χ3v) is 6.98. The monoisotopic (exact) mass is 573 g/mol. The number of benzene rings is 2. The summed E-state index contributed by atoms with van der Waals surface area (Å²) in [5.74, 6) is 5.57. The third-order valence-electron chi connectivity index (χ3n) is 6.98. The number of fused-ring (bicyclic) bond motifs is 1. The molecule has 41 heavy (non-hydrogen) atoms. The van der Waals surface area contributed by atoms with Crippen LogP contribution in [0.5, 0.6) is 5.75 Å². The molecule has 1 amide bonds. The number of nitrogens with one attached hydrogen (secondary N) is 2. The predicted octanol–water partition coefficient (Wildman–Crippen LogP) is 3.00. The molecule has 1 saturated heterocycles. The molecule has 0 aliphatic carbocycles. The highest BCUT2D eigenvalue weighted by atomic mass is 19.4. The summed E-state index contributed by atoms with van der Waals surface area (Å²) in [5, 5.41) is 26.0. The van der Waals surface area contributed by atoms with Crippen molar-refractivity contribution in [1.82, 2.24) is 9.47 Å². The fourth-order valence-corrected chi connectivity index (χ4v) is 4.96. The first-order chi connectivity index (χ1) is 19.6. The first-order valence-electron chi connectivity index (χ1n) is 13.3. The molecule has 2 aromatic carbocycles. The van der Waals surface area contributed by atoms with Crippen LogP contribution in [-0.2, 0) is 6.54 Å². The van der Waals surface area contributed by atoms with Crippen molar-refractivity contribution in [1.29, 1.82) is 0 Å². The number of alkyl halides is 3. The Bertz CT molecular complexity index is 1420. The maximum atomic E-state index is 13.6. The number of nitrogens with zero attached hydrogens (tertiary/aromatic N) is 2. The van der Waals surface area contributed by atoms with E-state index in [9.17, 15) is 23.1 Å². The van der Waals surface area contributed by atoms with E-state index in [0.717, 1.165) is 31.6 Å². The molecule has 3 aromatic rings. The van der Waals surface area contributed by atoms with Gasteiger partial charge in [-0.2, -0.15) is 13.2 Å². The van der Waals surface area contributed by atoms with Gasteiger partial charge in [0.1, 0.15) is 12.3 Å². The number of aromatic nitrogens is 1. The normalized spacial score (nSPS) is 15.3. The molecule has 1 aliphatic heterocycles. The highest BCUT2D eigenvalue weighted by Gasteiger charge is 2.30. The molecule has 0 unspecified atom stereocenters. The molecule has 0 saturated carbocycles. The van der Waals surface area contributed by atoms with Gasteiger partial charge >= 0.3 is 6.18 Å². The summed E-state index contributed by atoms with van der Waals surface area (Å²) in [4.78, 5) is 13.5. The van der Waals surface area contributed by atoms with Crippen LogP contribution in [0.15, 0.2) is 42.5 Å². The van der Waals surface area contributed by atoms with Gasteiger partial charge in [0.2, 0.25) is 5.91 Å². The minimum atomic E-state index is -4.44. The minimum absolute atomic E-state index is 0.115. The van der Waals surface area contributed by atoms with Crippen LogP contribution in [0.2, 0.25) is 0 Å². The SMILES string of the molecule is COc1cc(C(N)=O)ccc1NCC#Cc1cc2c(NC3CCN(C[C@@H](O)CO)CC3)cccc2n1CC(F)(F)F. The van der Waals surface area contributed by atoms with Crippen molar-refractivity contribution in [3.8, 4) is 17.6 Å². The third kappa shape index (κ3) is 7.85. The van der Waals surface area contributed by atoms with Gasteiger partial charge in [-0.1, -0.05) is 12.0 Å². The zero-order chi connectivity index (χ0) is 29.6. The summed E-state index contributed by atoms with van der Waals surface area (Å²) in [6, 6.07) is 11.7. The molecule has 0 bridgehead atoms. The summed E-state index contributed by atoms with van der Waals surface area (Å²) in [7, 11) is 1.45. The number of carbonyl (C=O) groups excluding carboxylic acids is 1. The smallest absolute Gasteiger partial charge is 0.406 e. The Morgan fingerprint density at radius 1 is 1.20 bits per heavy atom. The number of nitrogens with two attached hydrogens (primary N) is 1. The van der Waals surface area contributed by atoms with Crippen LogP contribution >= 0.6 is 0 Å². The lowest BCUT2D eigenvalue weighted by atomic mass is 10.0. The number of primary amides is 1. The first-order valence-corrected chi connectivity index (χ1v) is 13.3. The Kier molecular flexibility index (Phi) is 9.65. The minimum Gasteiger partial charge on any atom is -0.495 e. The van der Waals surface area contributed by atoms with Crippen molar-refractivity contribution >= 4 is 28.2 Å². The van der Waals surface area contributed by atoms with Crippen molar-refractivity contribution in [3.05, 3.63) is 53.7 Å². The number of aliphatic hydroxyl groups excluding tert-OH is 2. The second kappa shape index (κ2) is 13.2. The Balaban J connectivity index is 1.53. The van der Waals surface area contributed by atoms with E-state index in [-0.39, 0.29) is 30.5 Å². The molecule has 6 N–H and O–H groups in total. The number of ether oxygens (including phenoxy) is 1. The maximum Gasteiger partial charge on any atom is 0.406 e. The van der Waals surface area contributed by atoms with Crippen LogP contribution < -0.4 is 21.1 Å². The van der Waals surface area contributed by atoms with Crippen molar-refractivity contribution in [2.75, 3.05) is 50.5 Å². The van der Waals surface area contributed by atoms with Gasteiger partial charge in [-0.05, 0) is 55.2 Å². The molecule has 1 fully saturated rings. The number of amides is 1. The lowest BCUT2D eigenvalue weighted by Crippen LogP contribution is -2.43. The number of hydrogen-bond acceptors (Lipinski definition) is 7. The predicted molar refractivity (Wildman–Crippen MR) is 151 cm³/mol. The fraction of sp³-hybridized carbons (Fsp3) is 0.414. The van der Waals surface area contributed by atoms with Crippen LogP contribution in [0.25, 0.3) is 10.9 Å². The van der Waals surface area contributed by atoms with Gasteiger partial charge < -0.3 is 40.8 Å². The van der Waals surface area contributed by atoms with E-state index in [2.05, 4.69) is 27.4 Å². The number of aliphatic hydroxyl groups is 2. The number of carbonyl (C=O) groups is 1. The number of piperidine rings is 1. The van der Waals surface area contributed by atoms with Gasteiger partial charge in [-0.15, -0.1) is 0 Å². The summed E-state index contributed by atoms with van der Waals surface area (Å²) >= 11 is 0. The summed E-state index contributed by atoms with van der Waals surface area (Å²) in [6.07, 6.45) is -3.63. The molecular weight excluding hydrogens is 539 g/mol. The van der Waals surface area contributed by atoms with E-state index in [1.807, 2.05) is 6.07 Å². The maximum absolute atomic E-state index is 13.6. The van der Waals surface area contributed by atoms with Gasteiger partial charge in [0, 0.05) is 42.3 Å². The van der Waals surface area contributed by atoms with Gasteiger partial charge in [-0.3, -0.25) is 4.79 Å². The van der Waals surface area contributed by atoms with E-state index in [1.165, 1.54) is 17.7 Å². The Labute approximate surface area is 236 Å². The number of anilines is 2. The van der Waals surface area contributed by atoms with E-state index < -0.39 is 24.7 Å². The van der Waals surface area contributed by atoms with Crippen molar-refractivity contribution in [2.45, 2.75) is 37.7 Å². The van der Waals surface area contributed by atoms with Gasteiger partial charge in [0.05, 0.1) is 43.3 Å². The highest BCUT2D eigenvalue weighted by Crippen LogP contribution is 2.31. The number of β-amino-alcohol motifs (C(OH)–C–C–N with tert-alkyl or cyclic N) is 1. The molecule has 0 radical (unpaired) electrons. The molecule has 4 rings (SSSR count). The van der Waals surface area contributed by atoms with E-state index in [4.69, 9.17) is 15.6 Å². The Morgan fingerprint density at radius 2 is 1.95 bits per heavy atom. The van der Waals surface area contributed by atoms with Gasteiger partial charge in [0.15, 0.2) is 0 Å². The van der Waals surface area contributed by atoms with Crippen LogP contribution in [0.4, 0.5) is 24.5 Å². The highest BCUT2D eigenvalue weighted by molar-refractivity contribution is 5.94. The van der Waals surface area contributed by atoms with Crippen molar-refractivity contribution in [3.63, 3.8) is 0 Å². The molecule has 220 valence electrons. The topological polar surface area (TPSA) is 125 Å². The molecule has 1 aromatic heterocycles. The first kappa shape index (κ1) is 30.0. The van der Waals surface area contributed by atoms with Crippen molar-refractivity contribution < 1.29 is 32.9 Å². The fourth-order valence-electron chi connectivity index (χ4n) is 4.96. The van der Waals surface area contributed by atoms with Gasteiger partial charge in [0.25, 0.3) is 0 Å². The molecule has 2 heterocycles. The summed E-state index contributed by atoms with van der Waals surface area (Å²) in [5.41, 5.74) is 7.55. The number of methoxy groups -OCH3 is 1. The number of halogens is 3. The summed E-state index contributed by atoms with van der Waals surface area (Å²) < 4.78 is 47.1. The average Bonchev–Trinajstić information content (AvgIpc) is 3.28. The standard InChI is InChI=1S/C29H34F3N5O4/c1-41-27-14-19(28(33)40)7-8-25(27)34-11-3-4-21-15-23-24(5-2-6-26(23)37(21)18-29(30,31)32)35-20-9-12-36(13-10-20)16-22(39)17-38/h2,5-8,14-15,20,22,34-35,38-39H,9-13,16-18H2,1H3,(H2,33,40)/t22-/m1/s1. The number of rotatable bonds is 10. The largest absolute Gasteiger partial charge is 0.495 e. The molecular formula is C29H34F3N5O4. The molecule has 9 nitrogen and oxygen atoms in total. The number of hydrogen-bond donors (Lipinski definition) is 5. The second-order valence-electron chi connectivity index (χ2n) is 9.96. The lowest BCUT2D eigenvalue weighted by Gasteiger charge is -2.33. The molecule has 12 heteroatoms. The van der Waals surface area contributed by atoms with Crippen molar-refractivity contribution in [2.24, 2.45) is 5.73 Å². The van der Waals surface area contributed by atoms with E-state index >= 15 is 0 Å². The zero-order valence-electron chi connectivity index (χ0n) is 22.7. The molecule has 0 spiro atoms.